The number of thiocarbonyl (C=S) groups is 1. The Morgan fingerprint density at radius 1 is 1.45 bits per heavy atom. The largest absolute Gasteiger partial charge is 0.454 e. The predicted molar refractivity (Wildman–Crippen MR) is 87.9 cm³/mol. The van der Waals surface area contributed by atoms with Crippen molar-refractivity contribution < 1.29 is 14.2 Å². The van der Waals surface area contributed by atoms with Crippen molar-refractivity contribution in [2.75, 3.05) is 19.9 Å². The Morgan fingerprint density at radius 3 is 3.18 bits per heavy atom. The average Bonchev–Trinajstić information content (AvgIpc) is 3.16. The molecule has 2 aliphatic heterocycles. The summed E-state index contributed by atoms with van der Waals surface area (Å²) in [4.78, 5) is 0. The number of nitrogens with zero attached hydrogens (tertiary/aromatic N) is 1. The van der Waals surface area contributed by atoms with Gasteiger partial charge in [0.15, 0.2) is 16.6 Å². The lowest BCUT2D eigenvalue weighted by Gasteiger charge is -2.11. The van der Waals surface area contributed by atoms with Crippen molar-refractivity contribution in [3.8, 4) is 11.5 Å². The second kappa shape index (κ2) is 7.13. The quantitative estimate of drug-likeness (QED) is 0.496. The molecular weight excluding hydrogens is 326 g/mol. The minimum atomic E-state index is 0.186. The molecule has 0 amide bonds. The summed E-state index contributed by atoms with van der Waals surface area (Å²) in [6, 6.07) is 3.56. The molecule has 8 heteroatoms. The summed E-state index contributed by atoms with van der Waals surface area (Å²) in [6.45, 7) is 1.71. The van der Waals surface area contributed by atoms with Crippen molar-refractivity contribution in [3.63, 3.8) is 0 Å². The smallest absolute Gasteiger partial charge is 0.231 e. The zero-order valence-electron chi connectivity index (χ0n) is 11.8. The minimum Gasteiger partial charge on any atom is -0.454 e. The maximum absolute atomic E-state index is 6.10. The summed E-state index contributed by atoms with van der Waals surface area (Å²) < 4.78 is 16.1. The van der Waals surface area contributed by atoms with E-state index in [1.807, 2.05) is 6.07 Å². The van der Waals surface area contributed by atoms with Crippen LogP contribution in [0.1, 0.15) is 18.4 Å². The van der Waals surface area contributed by atoms with Crippen LogP contribution in [0.5, 0.6) is 11.5 Å². The third-order valence-corrected chi connectivity index (χ3v) is 3.86. The van der Waals surface area contributed by atoms with Crippen LogP contribution in [0.4, 0.5) is 0 Å². The fourth-order valence-electron chi connectivity index (χ4n) is 2.28. The number of hydrogen-bond acceptors (Lipinski definition) is 5. The molecule has 22 heavy (non-hydrogen) atoms. The van der Waals surface area contributed by atoms with Crippen LogP contribution in [0.3, 0.4) is 0 Å². The predicted octanol–water partition coefficient (Wildman–Crippen LogP) is 2.05. The van der Waals surface area contributed by atoms with Crippen LogP contribution >= 0.6 is 23.8 Å². The van der Waals surface area contributed by atoms with E-state index in [0.717, 1.165) is 25.0 Å². The van der Waals surface area contributed by atoms with Crippen LogP contribution in [0, 0.1) is 0 Å². The molecular formula is C14H16ClN3O3S. The molecule has 2 N–H and O–H groups in total. The Hall–Kier alpha value is -1.57. The lowest BCUT2D eigenvalue weighted by Crippen LogP contribution is -2.37. The van der Waals surface area contributed by atoms with Crippen molar-refractivity contribution in [2.45, 2.75) is 18.9 Å². The molecule has 1 saturated heterocycles. The number of fused-ring (bicyclic) bond motifs is 1. The highest BCUT2D eigenvalue weighted by Gasteiger charge is 2.18. The van der Waals surface area contributed by atoms with Gasteiger partial charge in [-0.3, -0.25) is 5.43 Å². The van der Waals surface area contributed by atoms with Gasteiger partial charge in [0.25, 0.3) is 0 Å². The third kappa shape index (κ3) is 3.79. The minimum absolute atomic E-state index is 0.186. The Balaban J connectivity index is 1.49. The number of ether oxygens (including phenoxy) is 3. The SMILES string of the molecule is S=C(NC[C@@H]1CCCO1)N/N=C\c1cc(Cl)c2c(c1)OCO2. The molecule has 2 heterocycles. The first kappa shape index (κ1) is 15.3. The number of hydrazone groups is 1. The molecule has 0 aromatic heterocycles. The molecule has 0 saturated carbocycles. The molecule has 118 valence electrons. The number of benzene rings is 1. The highest BCUT2D eigenvalue weighted by molar-refractivity contribution is 7.80. The van der Waals surface area contributed by atoms with Crippen molar-refractivity contribution in [3.05, 3.63) is 22.7 Å². The van der Waals surface area contributed by atoms with Gasteiger partial charge < -0.3 is 19.5 Å². The second-order valence-corrected chi connectivity index (χ2v) is 5.77. The lowest BCUT2D eigenvalue weighted by molar-refractivity contribution is 0.114. The fraction of sp³-hybridized carbons (Fsp3) is 0.429. The van der Waals surface area contributed by atoms with Crippen molar-refractivity contribution in [2.24, 2.45) is 5.10 Å². The number of nitrogens with one attached hydrogen (secondary N) is 2. The first-order chi connectivity index (χ1) is 10.7. The summed E-state index contributed by atoms with van der Waals surface area (Å²) in [7, 11) is 0. The lowest BCUT2D eigenvalue weighted by atomic mass is 10.2. The molecule has 0 radical (unpaired) electrons. The monoisotopic (exact) mass is 341 g/mol. The van der Waals surface area contributed by atoms with Gasteiger partial charge in [-0.2, -0.15) is 5.10 Å². The normalized spacial score (nSPS) is 19.6. The van der Waals surface area contributed by atoms with E-state index < -0.39 is 0 Å². The maximum atomic E-state index is 6.10. The van der Waals surface area contributed by atoms with E-state index in [0.29, 0.717) is 28.2 Å². The molecule has 0 aliphatic carbocycles. The Kier molecular flexibility index (Phi) is 4.97. The Labute approximate surface area is 138 Å². The molecule has 1 atom stereocenters. The summed E-state index contributed by atoms with van der Waals surface area (Å²) in [5.41, 5.74) is 3.56. The zero-order valence-corrected chi connectivity index (χ0v) is 13.4. The standard InChI is InChI=1S/C14H16ClN3O3S/c15-11-4-9(5-12-13(11)21-8-20-12)6-17-18-14(22)16-7-10-2-1-3-19-10/h4-6,10H,1-3,7-8H2,(H2,16,18,22)/b17-6-/t10-/m0/s1. The molecule has 0 unspecified atom stereocenters. The summed E-state index contributed by atoms with van der Waals surface area (Å²) in [5.74, 6) is 1.19. The van der Waals surface area contributed by atoms with E-state index in [1.165, 1.54) is 0 Å². The highest BCUT2D eigenvalue weighted by atomic mass is 35.5. The van der Waals surface area contributed by atoms with Crippen LogP contribution in [0.15, 0.2) is 17.2 Å². The van der Waals surface area contributed by atoms with E-state index >= 15 is 0 Å². The van der Waals surface area contributed by atoms with E-state index in [2.05, 4.69) is 15.8 Å². The van der Waals surface area contributed by atoms with Crippen LogP contribution in [0.2, 0.25) is 5.02 Å². The van der Waals surface area contributed by atoms with Gasteiger partial charge in [0.1, 0.15) is 0 Å². The van der Waals surface area contributed by atoms with Gasteiger partial charge in [-0.25, -0.2) is 0 Å². The summed E-state index contributed by atoms with van der Waals surface area (Å²) >= 11 is 11.2. The average molecular weight is 342 g/mol. The van der Waals surface area contributed by atoms with E-state index in [1.54, 1.807) is 12.3 Å². The fourth-order valence-corrected chi connectivity index (χ4v) is 2.69. The van der Waals surface area contributed by atoms with Crippen molar-refractivity contribution in [1.29, 1.82) is 0 Å². The van der Waals surface area contributed by atoms with Crippen LogP contribution < -0.4 is 20.2 Å². The molecule has 2 aliphatic rings. The van der Waals surface area contributed by atoms with E-state index in [9.17, 15) is 0 Å². The van der Waals surface area contributed by atoms with Crippen LogP contribution in [-0.4, -0.2) is 37.4 Å². The van der Waals surface area contributed by atoms with Gasteiger partial charge in [-0.1, -0.05) is 11.6 Å². The van der Waals surface area contributed by atoms with E-state index in [-0.39, 0.29) is 12.9 Å². The Morgan fingerprint density at radius 2 is 2.36 bits per heavy atom. The van der Waals surface area contributed by atoms with E-state index in [4.69, 9.17) is 38.0 Å². The number of rotatable bonds is 4. The summed E-state index contributed by atoms with van der Waals surface area (Å²) in [5, 5.41) is 8.11. The molecule has 3 rings (SSSR count). The third-order valence-electron chi connectivity index (χ3n) is 3.34. The van der Waals surface area contributed by atoms with Gasteiger partial charge in [-0.05, 0) is 42.8 Å². The zero-order chi connectivity index (χ0) is 15.4. The summed E-state index contributed by atoms with van der Waals surface area (Å²) in [6.07, 6.45) is 4.02. The van der Waals surface area contributed by atoms with Gasteiger partial charge in [0.2, 0.25) is 6.79 Å². The Bertz CT molecular complexity index is 591. The highest BCUT2D eigenvalue weighted by Crippen LogP contribution is 2.39. The molecule has 6 nitrogen and oxygen atoms in total. The topological polar surface area (TPSA) is 64.1 Å². The molecule has 0 bridgehead atoms. The van der Waals surface area contributed by atoms with Gasteiger partial charge in [0.05, 0.1) is 17.3 Å². The second-order valence-electron chi connectivity index (χ2n) is 4.95. The van der Waals surface area contributed by atoms with Crippen LogP contribution in [0.25, 0.3) is 0 Å². The number of halogens is 1. The van der Waals surface area contributed by atoms with Crippen molar-refractivity contribution in [1.82, 2.24) is 10.7 Å². The first-order valence-corrected chi connectivity index (χ1v) is 7.78. The number of hydrogen-bond donors (Lipinski definition) is 2. The molecule has 0 spiro atoms. The van der Waals surface area contributed by atoms with Crippen LogP contribution in [-0.2, 0) is 4.74 Å². The molecule has 1 fully saturated rings. The maximum Gasteiger partial charge on any atom is 0.231 e. The van der Waals surface area contributed by atoms with Gasteiger partial charge >= 0.3 is 0 Å². The first-order valence-electron chi connectivity index (χ1n) is 7.00. The molecule has 1 aromatic carbocycles. The van der Waals surface area contributed by atoms with Gasteiger partial charge in [0, 0.05) is 13.2 Å². The van der Waals surface area contributed by atoms with Crippen molar-refractivity contribution >= 4 is 35.1 Å². The molecule has 1 aromatic rings. The van der Waals surface area contributed by atoms with Gasteiger partial charge in [-0.15, -0.1) is 0 Å².